The summed E-state index contributed by atoms with van der Waals surface area (Å²) < 4.78 is 4.62. The molecule has 1 amide bonds. The first kappa shape index (κ1) is 13.4. The molecule has 1 rings (SSSR count). The second-order valence-electron chi connectivity index (χ2n) is 3.92. The molecule has 5 heteroatoms. The molecule has 94 valence electrons. The van der Waals surface area contributed by atoms with Crippen molar-refractivity contribution in [3.8, 4) is 0 Å². The normalized spacial score (nSPS) is 21.6. The Balaban J connectivity index is 2.83. The van der Waals surface area contributed by atoms with Crippen molar-refractivity contribution in [1.82, 2.24) is 4.90 Å². The van der Waals surface area contributed by atoms with Crippen LogP contribution in [0.15, 0.2) is 16.8 Å². The molecular weight excluding hydrogens is 220 g/mol. The number of hydrogen-bond acceptors (Lipinski definition) is 4. The SMILES string of the molecule is C/C=C(\N=C(C)C1CCCN1C=O)C(=O)OC. The summed E-state index contributed by atoms with van der Waals surface area (Å²) in [6.45, 7) is 4.32. The number of aliphatic imine (C=N–C) groups is 1. The van der Waals surface area contributed by atoms with E-state index in [0.717, 1.165) is 31.5 Å². The average Bonchev–Trinajstić information content (AvgIpc) is 2.82. The fourth-order valence-corrected chi connectivity index (χ4v) is 1.96. The molecule has 1 saturated heterocycles. The Kier molecular flexibility index (Phi) is 4.87. The number of likely N-dealkylation sites (tertiary alicyclic amines) is 1. The van der Waals surface area contributed by atoms with E-state index in [2.05, 4.69) is 9.73 Å². The second-order valence-corrected chi connectivity index (χ2v) is 3.92. The van der Waals surface area contributed by atoms with Gasteiger partial charge in [0.15, 0.2) is 0 Å². The summed E-state index contributed by atoms with van der Waals surface area (Å²) in [5.74, 6) is -0.456. The Bertz CT molecular complexity index is 361. The van der Waals surface area contributed by atoms with Gasteiger partial charge in [0.25, 0.3) is 0 Å². The lowest BCUT2D eigenvalue weighted by atomic mass is 10.1. The molecule has 1 atom stereocenters. The zero-order chi connectivity index (χ0) is 12.8. The van der Waals surface area contributed by atoms with Crippen molar-refractivity contribution in [2.45, 2.75) is 32.7 Å². The molecule has 0 aromatic rings. The first-order valence-electron chi connectivity index (χ1n) is 5.64. The van der Waals surface area contributed by atoms with Crippen LogP contribution >= 0.6 is 0 Å². The van der Waals surface area contributed by atoms with Gasteiger partial charge >= 0.3 is 5.97 Å². The lowest BCUT2D eigenvalue weighted by Crippen LogP contribution is -2.33. The van der Waals surface area contributed by atoms with Crippen molar-refractivity contribution in [3.05, 3.63) is 11.8 Å². The quantitative estimate of drug-likeness (QED) is 0.319. The van der Waals surface area contributed by atoms with Crippen molar-refractivity contribution >= 4 is 18.1 Å². The predicted molar refractivity (Wildman–Crippen MR) is 64.7 cm³/mol. The van der Waals surface area contributed by atoms with Crippen molar-refractivity contribution in [3.63, 3.8) is 0 Å². The van der Waals surface area contributed by atoms with Crippen LogP contribution in [0.1, 0.15) is 26.7 Å². The highest BCUT2D eigenvalue weighted by Gasteiger charge is 2.25. The van der Waals surface area contributed by atoms with Crippen LogP contribution < -0.4 is 0 Å². The Hall–Kier alpha value is -1.65. The fourth-order valence-electron chi connectivity index (χ4n) is 1.96. The molecule has 5 nitrogen and oxygen atoms in total. The first-order valence-corrected chi connectivity index (χ1v) is 5.64. The number of hydrogen-bond donors (Lipinski definition) is 0. The van der Waals surface area contributed by atoms with Crippen molar-refractivity contribution in [1.29, 1.82) is 0 Å². The van der Waals surface area contributed by atoms with E-state index in [4.69, 9.17) is 0 Å². The number of rotatable bonds is 4. The monoisotopic (exact) mass is 238 g/mol. The number of methoxy groups -OCH3 is 1. The van der Waals surface area contributed by atoms with E-state index < -0.39 is 5.97 Å². The van der Waals surface area contributed by atoms with Gasteiger partial charge in [0.05, 0.1) is 13.2 Å². The molecule has 17 heavy (non-hydrogen) atoms. The van der Waals surface area contributed by atoms with Crippen LogP contribution in [-0.4, -0.2) is 42.7 Å². The smallest absolute Gasteiger partial charge is 0.356 e. The molecule has 1 unspecified atom stereocenters. The van der Waals surface area contributed by atoms with Gasteiger partial charge in [-0.1, -0.05) is 6.08 Å². The maximum atomic E-state index is 11.4. The molecule has 1 aliphatic rings. The fraction of sp³-hybridized carbons (Fsp3) is 0.583. The van der Waals surface area contributed by atoms with E-state index in [-0.39, 0.29) is 11.7 Å². The molecule has 0 aromatic carbocycles. The summed E-state index contributed by atoms with van der Waals surface area (Å²) in [5.41, 5.74) is 1.05. The van der Waals surface area contributed by atoms with Crippen molar-refractivity contribution < 1.29 is 14.3 Å². The minimum atomic E-state index is -0.456. The minimum absolute atomic E-state index is 0.00658. The van der Waals surface area contributed by atoms with Crippen LogP contribution in [0.5, 0.6) is 0 Å². The van der Waals surface area contributed by atoms with Gasteiger partial charge in [0.2, 0.25) is 6.41 Å². The van der Waals surface area contributed by atoms with E-state index in [9.17, 15) is 9.59 Å². The molecule has 0 saturated carbocycles. The topological polar surface area (TPSA) is 59.0 Å². The third-order valence-corrected chi connectivity index (χ3v) is 2.88. The molecule has 0 aromatic heterocycles. The highest BCUT2D eigenvalue weighted by Crippen LogP contribution is 2.17. The van der Waals surface area contributed by atoms with Crippen LogP contribution in [0.2, 0.25) is 0 Å². The van der Waals surface area contributed by atoms with Crippen molar-refractivity contribution in [2.24, 2.45) is 4.99 Å². The average molecular weight is 238 g/mol. The lowest BCUT2D eigenvalue weighted by molar-refractivity contribution is -0.136. The zero-order valence-corrected chi connectivity index (χ0v) is 10.5. The number of amides is 1. The third-order valence-electron chi connectivity index (χ3n) is 2.88. The maximum absolute atomic E-state index is 11.4. The number of carbonyl (C=O) groups excluding carboxylic acids is 2. The van der Waals surface area contributed by atoms with Gasteiger partial charge < -0.3 is 9.64 Å². The number of esters is 1. The summed E-state index contributed by atoms with van der Waals surface area (Å²) in [6.07, 6.45) is 4.31. The molecule has 0 bridgehead atoms. The highest BCUT2D eigenvalue weighted by atomic mass is 16.5. The molecule has 0 aliphatic carbocycles. The number of allylic oxidation sites excluding steroid dienone is 1. The van der Waals surface area contributed by atoms with Gasteiger partial charge in [0, 0.05) is 12.3 Å². The Morgan fingerprint density at radius 1 is 1.53 bits per heavy atom. The number of ether oxygens (including phenoxy) is 1. The Morgan fingerprint density at radius 3 is 2.76 bits per heavy atom. The summed E-state index contributed by atoms with van der Waals surface area (Å²) in [7, 11) is 1.32. The second kappa shape index (κ2) is 6.18. The molecule has 0 spiro atoms. The van der Waals surface area contributed by atoms with Gasteiger partial charge in [-0.2, -0.15) is 0 Å². The first-order chi connectivity index (χ1) is 8.13. The summed E-state index contributed by atoms with van der Waals surface area (Å²) in [6, 6.07) is 0.00658. The molecule has 1 heterocycles. The summed E-state index contributed by atoms with van der Waals surface area (Å²) in [4.78, 5) is 28.2. The van der Waals surface area contributed by atoms with Gasteiger partial charge in [-0.05, 0) is 26.7 Å². The zero-order valence-electron chi connectivity index (χ0n) is 10.5. The van der Waals surface area contributed by atoms with Gasteiger partial charge in [-0.25, -0.2) is 9.79 Å². The van der Waals surface area contributed by atoms with E-state index >= 15 is 0 Å². The van der Waals surface area contributed by atoms with Crippen molar-refractivity contribution in [2.75, 3.05) is 13.7 Å². The molecule has 0 N–H and O–H groups in total. The van der Waals surface area contributed by atoms with E-state index in [1.54, 1.807) is 17.9 Å². The Labute approximate surface area is 101 Å². The van der Waals surface area contributed by atoms with Crippen LogP contribution in [0, 0.1) is 0 Å². The molecule has 1 fully saturated rings. The molecular formula is C12H18N2O3. The Morgan fingerprint density at radius 2 is 2.24 bits per heavy atom. The minimum Gasteiger partial charge on any atom is -0.464 e. The standard InChI is InChI=1S/C12H18N2O3/c1-4-10(12(16)17-3)13-9(2)11-6-5-7-14(11)8-15/h4,8,11H,5-7H2,1-3H3/b10-4-,13-9?. The number of carbonyl (C=O) groups is 2. The predicted octanol–water partition coefficient (Wildman–Crippen LogP) is 1.14. The van der Waals surface area contributed by atoms with E-state index in [0.29, 0.717) is 0 Å². The summed E-state index contributed by atoms with van der Waals surface area (Å²) >= 11 is 0. The van der Waals surface area contributed by atoms with Crippen LogP contribution in [0.25, 0.3) is 0 Å². The summed E-state index contributed by atoms with van der Waals surface area (Å²) in [5, 5.41) is 0. The van der Waals surface area contributed by atoms with Gasteiger partial charge in [-0.3, -0.25) is 4.79 Å². The lowest BCUT2D eigenvalue weighted by Gasteiger charge is -2.19. The largest absolute Gasteiger partial charge is 0.464 e. The van der Waals surface area contributed by atoms with Crippen LogP contribution in [-0.2, 0) is 14.3 Å². The van der Waals surface area contributed by atoms with Crippen LogP contribution in [0.4, 0.5) is 0 Å². The van der Waals surface area contributed by atoms with E-state index in [1.165, 1.54) is 7.11 Å². The third kappa shape index (κ3) is 3.15. The van der Waals surface area contributed by atoms with Gasteiger partial charge in [-0.15, -0.1) is 0 Å². The van der Waals surface area contributed by atoms with E-state index in [1.807, 2.05) is 6.92 Å². The van der Waals surface area contributed by atoms with Crippen LogP contribution in [0.3, 0.4) is 0 Å². The van der Waals surface area contributed by atoms with Gasteiger partial charge in [0.1, 0.15) is 5.70 Å². The highest BCUT2D eigenvalue weighted by molar-refractivity contribution is 5.96. The molecule has 0 radical (unpaired) electrons. The maximum Gasteiger partial charge on any atom is 0.356 e. The number of nitrogens with zero attached hydrogens (tertiary/aromatic N) is 2. The molecule has 1 aliphatic heterocycles.